The molecule has 0 aliphatic carbocycles. The smallest absolute Gasteiger partial charge is 0.246 e. The molecule has 2 aliphatic rings. The molecule has 3 aromatic rings. The average Bonchev–Trinajstić information content (AvgIpc) is 2.90. The fourth-order valence-corrected chi connectivity index (χ4v) is 4.86. The maximum Gasteiger partial charge on any atom is 0.246 e. The fourth-order valence-electron chi connectivity index (χ4n) is 4.57. The summed E-state index contributed by atoms with van der Waals surface area (Å²) in [4.78, 5) is 26.9. The number of ether oxygens (including phenoxy) is 1. The van der Waals surface area contributed by atoms with Gasteiger partial charge in [-0.25, -0.2) is 13.8 Å². The van der Waals surface area contributed by atoms with Crippen molar-refractivity contribution < 1.29 is 23.4 Å². The number of piperazine rings is 1. The molecule has 0 atom stereocenters. The molecule has 0 saturated carbocycles. The molecule has 2 saturated heterocycles. The number of rotatable bonds is 4. The van der Waals surface area contributed by atoms with Crippen molar-refractivity contribution in [2.24, 2.45) is 0 Å². The largest absolute Gasteiger partial charge is 0.507 e. The van der Waals surface area contributed by atoms with Crippen molar-refractivity contribution in [3.05, 3.63) is 53.6 Å². The molecule has 36 heavy (non-hydrogen) atoms. The molecule has 0 unspecified atom stereocenters. The van der Waals surface area contributed by atoms with Crippen LogP contribution in [0.3, 0.4) is 0 Å². The Kier molecular flexibility index (Phi) is 6.63. The highest BCUT2D eigenvalue weighted by atomic mass is 35.5. The molecular formula is C25H24ClF2N5O3. The standard InChI is InChI=1S/C25H24ClF2N5O3/c1-2-19(35)31-6-8-32(9-7-31)24-15-14-16(26)20(21-17(27)4-3-5-18(21)34)22(28)23(15)29-25(30-24)33-10-12-36-13-11-33/h2-5,14,34H,1,6-13H2. The number of carbonyl (C=O) groups excluding carboxylic acids is 1. The van der Waals surface area contributed by atoms with Crippen LogP contribution in [0, 0.1) is 11.6 Å². The van der Waals surface area contributed by atoms with Crippen LogP contribution in [0.4, 0.5) is 20.5 Å². The Morgan fingerprint density at radius 1 is 1.06 bits per heavy atom. The number of carbonyl (C=O) groups is 1. The van der Waals surface area contributed by atoms with E-state index in [4.69, 9.17) is 21.3 Å². The molecule has 5 rings (SSSR count). The summed E-state index contributed by atoms with van der Waals surface area (Å²) in [5, 5.41) is 10.6. The summed E-state index contributed by atoms with van der Waals surface area (Å²) in [7, 11) is 0. The summed E-state index contributed by atoms with van der Waals surface area (Å²) >= 11 is 6.49. The van der Waals surface area contributed by atoms with Gasteiger partial charge in [0.05, 0.1) is 23.8 Å². The second-order valence-electron chi connectivity index (χ2n) is 8.54. The number of hydrogen-bond donors (Lipinski definition) is 1. The molecule has 188 valence electrons. The van der Waals surface area contributed by atoms with Gasteiger partial charge in [-0.1, -0.05) is 24.2 Å². The second kappa shape index (κ2) is 9.87. The van der Waals surface area contributed by atoms with Crippen LogP contribution in [0.15, 0.2) is 36.9 Å². The zero-order chi connectivity index (χ0) is 25.4. The van der Waals surface area contributed by atoms with Crippen LogP contribution in [0.1, 0.15) is 0 Å². The SMILES string of the molecule is C=CC(=O)N1CCN(c2nc(N3CCOCC3)nc3c(F)c(-c4c(O)cccc4F)c(Cl)cc23)CC1. The van der Waals surface area contributed by atoms with Gasteiger partial charge in [0.25, 0.3) is 0 Å². The quantitative estimate of drug-likeness (QED) is 0.532. The molecule has 0 spiro atoms. The maximum absolute atomic E-state index is 16.1. The van der Waals surface area contributed by atoms with Crippen LogP contribution in [0.25, 0.3) is 22.0 Å². The van der Waals surface area contributed by atoms with Gasteiger partial charge >= 0.3 is 0 Å². The molecule has 3 heterocycles. The van der Waals surface area contributed by atoms with Gasteiger partial charge in [0.2, 0.25) is 11.9 Å². The number of aromatic nitrogens is 2. The van der Waals surface area contributed by atoms with Gasteiger partial charge in [-0.15, -0.1) is 0 Å². The number of amides is 1. The normalized spacial score (nSPS) is 16.5. The molecule has 1 N–H and O–H groups in total. The monoisotopic (exact) mass is 515 g/mol. The van der Waals surface area contributed by atoms with Crippen molar-refractivity contribution in [3.63, 3.8) is 0 Å². The topological polar surface area (TPSA) is 82.0 Å². The van der Waals surface area contributed by atoms with Crippen molar-refractivity contribution in [3.8, 4) is 16.9 Å². The molecule has 1 aromatic heterocycles. The van der Waals surface area contributed by atoms with Gasteiger partial charge in [-0.3, -0.25) is 4.79 Å². The fraction of sp³-hybridized carbons (Fsp3) is 0.320. The van der Waals surface area contributed by atoms with E-state index >= 15 is 4.39 Å². The lowest BCUT2D eigenvalue weighted by molar-refractivity contribution is -0.126. The van der Waals surface area contributed by atoms with E-state index in [0.29, 0.717) is 69.6 Å². The van der Waals surface area contributed by atoms with Crippen molar-refractivity contribution in [2.75, 3.05) is 62.3 Å². The zero-order valence-corrected chi connectivity index (χ0v) is 20.1. The van der Waals surface area contributed by atoms with E-state index in [-0.39, 0.29) is 27.6 Å². The third kappa shape index (κ3) is 4.31. The number of halogens is 3. The van der Waals surface area contributed by atoms with Crippen LogP contribution in [-0.2, 0) is 9.53 Å². The lowest BCUT2D eigenvalue weighted by Gasteiger charge is -2.36. The van der Waals surface area contributed by atoms with Crippen LogP contribution in [-0.4, -0.2) is 78.4 Å². The zero-order valence-electron chi connectivity index (χ0n) is 19.4. The Labute approximate surface area is 211 Å². The molecule has 11 heteroatoms. The highest BCUT2D eigenvalue weighted by molar-refractivity contribution is 6.34. The predicted molar refractivity (Wildman–Crippen MR) is 134 cm³/mol. The first-order valence-electron chi connectivity index (χ1n) is 11.6. The number of fused-ring (bicyclic) bond motifs is 1. The number of phenols is 1. The van der Waals surface area contributed by atoms with Crippen LogP contribution >= 0.6 is 11.6 Å². The summed E-state index contributed by atoms with van der Waals surface area (Å²) in [6.45, 7) is 7.38. The minimum Gasteiger partial charge on any atom is -0.507 e. The first-order chi connectivity index (χ1) is 17.4. The van der Waals surface area contributed by atoms with Crippen molar-refractivity contribution in [2.45, 2.75) is 0 Å². The van der Waals surface area contributed by atoms with E-state index in [2.05, 4.69) is 11.6 Å². The van der Waals surface area contributed by atoms with E-state index in [0.717, 1.165) is 6.07 Å². The van der Waals surface area contributed by atoms with E-state index in [9.17, 15) is 14.3 Å². The summed E-state index contributed by atoms with van der Waals surface area (Å²) in [5.74, 6) is -1.45. The highest BCUT2D eigenvalue weighted by Gasteiger charge is 2.28. The number of anilines is 2. The first kappa shape index (κ1) is 24.2. The Morgan fingerprint density at radius 3 is 2.44 bits per heavy atom. The van der Waals surface area contributed by atoms with E-state index in [1.54, 1.807) is 4.90 Å². The molecular weight excluding hydrogens is 492 g/mol. The van der Waals surface area contributed by atoms with Crippen LogP contribution in [0.5, 0.6) is 5.75 Å². The number of phenolic OH excluding ortho intramolecular Hbond substituents is 1. The van der Waals surface area contributed by atoms with Crippen LogP contribution < -0.4 is 9.80 Å². The Bertz CT molecular complexity index is 1320. The molecule has 8 nitrogen and oxygen atoms in total. The third-order valence-corrected chi connectivity index (χ3v) is 6.75. The first-order valence-corrected chi connectivity index (χ1v) is 11.9. The molecule has 1 amide bonds. The van der Waals surface area contributed by atoms with Crippen molar-refractivity contribution >= 4 is 40.2 Å². The number of hydrogen-bond acceptors (Lipinski definition) is 7. The van der Waals surface area contributed by atoms with Crippen molar-refractivity contribution in [1.82, 2.24) is 14.9 Å². The number of aromatic hydroxyl groups is 1. The lowest BCUT2D eigenvalue weighted by atomic mass is 10.0. The summed E-state index contributed by atoms with van der Waals surface area (Å²) in [6.07, 6.45) is 1.28. The summed E-state index contributed by atoms with van der Waals surface area (Å²) in [6, 6.07) is 5.23. The Hall–Kier alpha value is -3.50. The number of nitrogens with zero attached hydrogens (tertiary/aromatic N) is 5. The Morgan fingerprint density at radius 2 is 1.78 bits per heavy atom. The highest BCUT2D eigenvalue weighted by Crippen LogP contribution is 2.42. The summed E-state index contributed by atoms with van der Waals surface area (Å²) in [5.41, 5.74) is -0.626. The van der Waals surface area contributed by atoms with Gasteiger partial charge in [0, 0.05) is 50.2 Å². The van der Waals surface area contributed by atoms with E-state index in [1.165, 1.54) is 24.3 Å². The van der Waals surface area contributed by atoms with E-state index in [1.807, 2.05) is 9.80 Å². The molecule has 0 bridgehead atoms. The van der Waals surface area contributed by atoms with E-state index < -0.39 is 17.4 Å². The number of morpholine rings is 1. The van der Waals surface area contributed by atoms with Gasteiger partial charge in [-0.05, 0) is 24.3 Å². The molecule has 2 aliphatic heterocycles. The minimum absolute atomic E-state index is 0.0341. The lowest BCUT2D eigenvalue weighted by Crippen LogP contribution is -2.48. The second-order valence-corrected chi connectivity index (χ2v) is 8.95. The molecule has 0 radical (unpaired) electrons. The van der Waals surface area contributed by atoms with Crippen LogP contribution in [0.2, 0.25) is 5.02 Å². The average molecular weight is 516 g/mol. The number of benzene rings is 2. The third-order valence-electron chi connectivity index (χ3n) is 6.45. The van der Waals surface area contributed by atoms with Crippen molar-refractivity contribution in [1.29, 1.82) is 0 Å². The van der Waals surface area contributed by atoms with Gasteiger partial charge in [-0.2, -0.15) is 4.98 Å². The van der Waals surface area contributed by atoms with Gasteiger partial charge in [0.1, 0.15) is 22.9 Å². The molecule has 2 aromatic carbocycles. The van der Waals surface area contributed by atoms with Gasteiger partial charge < -0.3 is 24.5 Å². The maximum atomic E-state index is 16.1. The Balaban J connectivity index is 1.67. The predicted octanol–water partition coefficient (Wildman–Crippen LogP) is 3.61. The summed E-state index contributed by atoms with van der Waals surface area (Å²) < 4.78 is 36.2. The molecule has 2 fully saturated rings. The minimum atomic E-state index is -0.850. The van der Waals surface area contributed by atoms with Gasteiger partial charge in [0.15, 0.2) is 5.82 Å².